The minimum absolute atomic E-state index is 0.0489. The van der Waals surface area contributed by atoms with E-state index in [-0.39, 0.29) is 6.54 Å². The first-order chi connectivity index (χ1) is 9.20. The molecule has 1 aromatic rings. The quantitative estimate of drug-likeness (QED) is 0.870. The van der Waals surface area contributed by atoms with Crippen molar-refractivity contribution in [2.24, 2.45) is 0 Å². The summed E-state index contributed by atoms with van der Waals surface area (Å²) >= 11 is 0. The molecule has 0 aliphatic heterocycles. The van der Waals surface area contributed by atoms with E-state index in [4.69, 9.17) is 5.11 Å². The molecule has 0 spiro atoms. The Hall–Kier alpha value is -1.54. The number of aliphatic carboxylic acids is 1. The van der Waals surface area contributed by atoms with E-state index < -0.39 is 45.0 Å². The summed E-state index contributed by atoms with van der Waals surface area (Å²) in [6.45, 7) is 2.84. The van der Waals surface area contributed by atoms with Gasteiger partial charge in [-0.1, -0.05) is 6.92 Å². The van der Waals surface area contributed by atoms with Gasteiger partial charge in [-0.2, -0.15) is 4.31 Å². The van der Waals surface area contributed by atoms with E-state index in [0.717, 1.165) is 16.4 Å². The Morgan fingerprint density at radius 2 is 2.00 bits per heavy atom. The SMILES string of the molecule is CCN(C(C)CC(=O)O)S(=O)(=O)c1cc(F)ccc1F. The fourth-order valence-electron chi connectivity index (χ4n) is 1.87. The normalized spacial score (nSPS) is 13.4. The number of halogens is 2. The fourth-order valence-corrected chi connectivity index (χ4v) is 3.59. The molecule has 20 heavy (non-hydrogen) atoms. The van der Waals surface area contributed by atoms with Crippen LogP contribution in [0.2, 0.25) is 0 Å². The average Bonchev–Trinajstić information content (AvgIpc) is 2.31. The van der Waals surface area contributed by atoms with Crippen LogP contribution >= 0.6 is 0 Å². The van der Waals surface area contributed by atoms with Crippen LogP contribution in [0.25, 0.3) is 0 Å². The zero-order valence-corrected chi connectivity index (χ0v) is 11.8. The Balaban J connectivity index is 3.25. The van der Waals surface area contributed by atoms with Crippen molar-refractivity contribution in [2.75, 3.05) is 6.54 Å². The summed E-state index contributed by atoms with van der Waals surface area (Å²) < 4.78 is 52.1. The molecule has 112 valence electrons. The van der Waals surface area contributed by atoms with Crippen LogP contribution in [-0.2, 0) is 14.8 Å². The van der Waals surface area contributed by atoms with Gasteiger partial charge in [0.05, 0.1) is 6.42 Å². The molecule has 1 unspecified atom stereocenters. The monoisotopic (exact) mass is 307 g/mol. The smallest absolute Gasteiger partial charge is 0.304 e. The van der Waals surface area contributed by atoms with Crippen molar-refractivity contribution in [3.8, 4) is 0 Å². The summed E-state index contributed by atoms with van der Waals surface area (Å²) in [7, 11) is -4.29. The molecule has 0 aromatic heterocycles. The van der Waals surface area contributed by atoms with Gasteiger partial charge in [0.25, 0.3) is 0 Å². The molecule has 0 heterocycles. The molecule has 1 aromatic carbocycles. The fraction of sp³-hybridized carbons (Fsp3) is 0.417. The molecule has 1 atom stereocenters. The third-order valence-corrected chi connectivity index (χ3v) is 4.86. The van der Waals surface area contributed by atoms with Gasteiger partial charge in [0, 0.05) is 12.6 Å². The van der Waals surface area contributed by atoms with Crippen LogP contribution in [-0.4, -0.2) is 36.4 Å². The standard InChI is InChI=1S/C12H15F2NO4S/c1-3-15(8(2)6-12(16)17)20(18,19)11-7-9(13)4-5-10(11)14/h4-5,7-8H,3,6H2,1-2H3,(H,16,17). The number of benzene rings is 1. The summed E-state index contributed by atoms with van der Waals surface area (Å²) in [6, 6.07) is 1.24. The van der Waals surface area contributed by atoms with Crippen LogP contribution in [0.1, 0.15) is 20.3 Å². The first-order valence-corrected chi connectivity index (χ1v) is 7.32. The molecule has 0 saturated carbocycles. The third-order valence-electron chi connectivity index (χ3n) is 2.75. The predicted molar refractivity (Wildman–Crippen MR) is 67.6 cm³/mol. The number of carbonyl (C=O) groups is 1. The van der Waals surface area contributed by atoms with E-state index in [2.05, 4.69) is 0 Å². The van der Waals surface area contributed by atoms with Crippen molar-refractivity contribution >= 4 is 16.0 Å². The van der Waals surface area contributed by atoms with Crippen molar-refractivity contribution in [3.05, 3.63) is 29.8 Å². The zero-order chi connectivity index (χ0) is 15.5. The van der Waals surface area contributed by atoms with E-state index in [9.17, 15) is 22.0 Å². The largest absolute Gasteiger partial charge is 0.481 e. The molecular weight excluding hydrogens is 292 g/mol. The average molecular weight is 307 g/mol. The number of rotatable bonds is 6. The molecule has 8 heteroatoms. The van der Waals surface area contributed by atoms with Crippen LogP contribution in [0.4, 0.5) is 8.78 Å². The molecule has 0 radical (unpaired) electrons. The van der Waals surface area contributed by atoms with Gasteiger partial charge in [-0.25, -0.2) is 17.2 Å². The summed E-state index contributed by atoms with van der Waals surface area (Å²) in [5.41, 5.74) is 0. The summed E-state index contributed by atoms with van der Waals surface area (Å²) in [5, 5.41) is 8.71. The maximum Gasteiger partial charge on any atom is 0.304 e. The van der Waals surface area contributed by atoms with Gasteiger partial charge < -0.3 is 5.11 Å². The van der Waals surface area contributed by atoms with Crippen LogP contribution in [0.15, 0.2) is 23.1 Å². The Labute approximate surface area is 115 Å². The molecule has 0 aliphatic carbocycles. The minimum Gasteiger partial charge on any atom is -0.481 e. The molecule has 5 nitrogen and oxygen atoms in total. The maximum absolute atomic E-state index is 13.6. The lowest BCUT2D eigenvalue weighted by Gasteiger charge is -2.26. The van der Waals surface area contributed by atoms with E-state index >= 15 is 0 Å². The van der Waals surface area contributed by atoms with Gasteiger partial charge in [0.1, 0.15) is 16.5 Å². The van der Waals surface area contributed by atoms with E-state index in [1.165, 1.54) is 13.8 Å². The van der Waals surface area contributed by atoms with Crippen molar-refractivity contribution in [3.63, 3.8) is 0 Å². The number of carboxylic acid groups (broad SMARTS) is 1. The lowest BCUT2D eigenvalue weighted by atomic mass is 10.2. The van der Waals surface area contributed by atoms with E-state index in [1.807, 2.05) is 0 Å². The van der Waals surface area contributed by atoms with Crippen molar-refractivity contribution in [1.29, 1.82) is 0 Å². The first kappa shape index (κ1) is 16.5. The number of hydrogen-bond donors (Lipinski definition) is 1. The number of sulfonamides is 1. The highest BCUT2D eigenvalue weighted by atomic mass is 32.2. The van der Waals surface area contributed by atoms with Crippen LogP contribution in [0, 0.1) is 11.6 Å². The zero-order valence-electron chi connectivity index (χ0n) is 11.0. The van der Waals surface area contributed by atoms with Gasteiger partial charge in [-0.15, -0.1) is 0 Å². The minimum atomic E-state index is -4.29. The third kappa shape index (κ3) is 3.51. The second kappa shape index (κ2) is 6.27. The Morgan fingerprint density at radius 3 is 2.50 bits per heavy atom. The highest BCUT2D eigenvalue weighted by Gasteiger charge is 2.31. The molecule has 0 saturated heterocycles. The van der Waals surface area contributed by atoms with E-state index in [1.54, 1.807) is 0 Å². The Morgan fingerprint density at radius 1 is 1.40 bits per heavy atom. The second-order valence-electron chi connectivity index (χ2n) is 4.23. The number of nitrogens with zero attached hydrogens (tertiary/aromatic N) is 1. The van der Waals surface area contributed by atoms with Gasteiger partial charge in [0.15, 0.2) is 0 Å². The van der Waals surface area contributed by atoms with Gasteiger partial charge in [-0.05, 0) is 25.1 Å². The van der Waals surface area contributed by atoms with Crippen LogP contribution in [0.3, 0.4) is 0 Å². The lowest BCUT2D eigenvalue weighted by Crippen LogP contribution is -2.40. The lowest BCUT2D eigenvalue weighted by molar-refractivity contribution is -0.137. The summed E-state index contributed by atoms with van der Waals surface area (Å²) in [5.74, 6) is -3.13. The predicted octanol–water partition coefficient (Wildman–Crippen LogP) is 1.84. The van der Waals surface area contributed by atoms with Crippen molar-refractivity contribution in [2.45, 2.75) is 31.2 Å². The number of carboxylic acids is 1. The van der Waals surface area contributed by atoms with Gasteiger partial charge in [0.2, 0.25) is 10.0 Å². The highest BCUT2D eigenvalue weighted by molar-refractivity contribution is 7.89. The molecule has 1 rings (SSSR count). The maximum atomic E-state index is 13.6. The topological polar surface area (TPSA) is 74.7 Å². The molecule has 0 aliphatic rings. The summed E-state index contributed by atoms with van der Waals surface area (Å²) in [4.78, 5) is 9.86. The summed E-state index contributed by atoms with van der Waals surface area (Å²) in [6.07, 6.45) is -0.427. The first-order valence-electron chi connectivity index (χ1n) is 5.88. The van der Waals surface area contributed by atoms with Gasteiger partial charge >= 0.3 is 5.97 Å². The van der Waals surface area contributed by atoms with E-state index in [0.29, 0.717) is 6.07 Å². The Kier molecular flexibility index (Phi) is 5.18. The van der Waals surface area contributed by atoms with Gasteiger partial charge in [-0.3, -0.25) is 4.79 Å². The molecule has 0 bridgehead atoms. The second-order valence-corrected chi connectivity index (χ2v) is 6.09. The highest BCUT2D eigenvalue weighted by Crippen LogP contribution is 2.23. The molecular formula is C12H15F2NO4S. The van der Waals surface area contributed by atoms with Crippen molar-refractivity contribution in [1.82, 2.24) is 4.31 Å². The Bertz CT molecular complexity index is 603. The van der Waals surface area contributed by atoms with Crippen LogP contribution < -0.4 is 0 Å². The van der Waals surface area contributed by atoms with Crippen molar-refractivity contribution < 1.29 is 27.1 Å². The molecule has 0 fully saturated rings. The molecule has 0 amide bonds. The van der Waals surface area contributed by atoms with Crippen LogP contribution in [0.5, 0.6) is 0 Å². The number of hydrogen-bond acceptors (Lipinski definition) is 3. The molecule has 1 N–H and O–H groups in total.